The highest BCUT2D eigenvalue weighted by Crippen LogP contribution is 2.45. The molecule has 0 aliphatic heterocycles. The summed E-state index contributed by atoms with van der Waals surface area (Å²) in [5.74, 6) is 1.11. The van der Waals surface area contributed by atoms with Gasteiger partial charge in [0.1, 0.15) is 19.3 Å². The number of ether oxygens (including phenoxy) is 4. The van der Waals surface area contributed by atoms with Gasteiger partial charge in [-0.2, -0.15) is 0 Å². The molecule has 612 valence electrons. The van der Waals surface area contributed by atoms with Crippen LogP contribution in [0.2, 0.25) is 0 Å². The molecule has 4 unspecified atom stereocenters. The Kier molecular flexibility index (Phi) is 71.5. The lowest BCUT2D eigenvalue weighted by atomic mass is 9.99. The fourth-order valence-corrected chi connectivity index (χ4v) is 14.5. The van der Waals surface area contributed by atoms with Crippen molar-refractivity contribution in [3.05, 3.63) is 0 Å². The van der Waals surface area contributed by atoms with Crippen LogP contribution in [0, 0.1) is 23.7 Å². The third-order valence-corrected chi connectivity index (χ3v) is 22.2. The second-order valence-corrected chi connectivity index (χ2v) is 34.6. The van der Waals surface area contributed by atoms with Crippen molar-refractivity contribution in [3.8, 4) is 0 Å². The number of esters is 4. The summed E-state index contributed by atoms with van der Waals surface area (Å²) in [6, 6.07) is 0. The normalized spacial score (nSPS) is 14.5. The van der Waals surface area contributed by atoms with Crippen LogP contribution in [0.3, 0.4) is 0 Å². The van der Waals surface area contributed by atoms with Crippen LogP contribution >= 0.6 is 15.6 Å². The molecule has 0 aromatic rings. The van der Waals surface area contributed by atoms with Crippen molar-refractivity contribution >= 4 is 39.5 Å². The molecule has 0 aliphatic rings. The van der Waals surface area contributed by atoms with Gasteiger partial charge < -0.3 is 33.8 Å². The Morgan fingerprint density at radius 1 is 0.272 bits per heavy atom. The van der Waals surface area contributed by atoms with E-state index in [9.17, 15) is 43.2 Å². The van der Waals surface area contributed by atoms with Crippen LogP contribution in [0.15, 0.2) is 0 Å². The lowest BCUT2D eigenvalue weighted by Crippen LogP contribution is -2.30. The number of rotatable bonds is 81. The molecule has 0 heterocycles. The highest BCUT2D eigenvalue weighted by atomic mass is 31.2. The number of carbonyl (C=O) groups is 4. The Hall–Kier alpha value is -1.94. The van der Waals surface area contributed by atoms with E-state index in [2.05, 4.69) is 55.4 Å². The number of unbranched alkanes of at least 4 members (excludes halogenated alkanes) is 45. The fourth-order valence-electron chi connectivity index (χ4n) is 12.9. The Morgan fingerprint density at radius 2 is 0.466 bits per heavy atom. The molecule has 0 aliphatic carbocycles. The molecule has 0 saturated carbocycles. The zero-order chi connectivity index (χ0) is 76.0. The van der Waals surface area contributed by atoms with Gasteiger partial charge in [0.15, 0.2) is 12.2 Å². The molecule has 0 aromatic heterocycles. The number of aliphatic hydroxyl groups is 1. The zero-order valence-electron chi connectivity index (χ0n) is 68.0. The Balaban J connectivity index is 5.28. The molecule has 0 spiro atoms. The molecule has 3 N–H and O–H groups in total. The van der Waals surface area contributed by atoms with E-state index in [1.165, 1.54) is 238 Å². The topological polar surface area (TPSA) is 237 Å². The largest absolute Gasteiger partial charge is 0.472 e. The average molecular weight is 1510 g/mol. The van der Waals surface area contributed by atoms with E-state index in [1.54, 1.807) is 0 Å². The Bertz CT molecular complexity index is 2010. The predicted molar refractivity (Wildman–Crippen MR) is 423 cm³/mol. The van der Waals surface area contributed by atoms with Gasteiger partial charge in [0.2, 0.25) is 0 Å². The summed E-state index contributed by atoms with van der Waals surface area (Å²) in [6.07, 6.45) is 60.8. The molecule has 0 amide bonds. The first kappa shape index (κ1) is 101. The van der Waals surface area contributed by atoms with Crippen molar-refractivity contribution in [1.82, 2.24) is 0 Å². The van der Waals surface area contributed by atoms with E-state index in [-0.39, 0.29) is 25.7 Å². The molecule has 0 bridgehead atoms. The minimum absolute atomic E-state index is 0.106. The number of hydrogen-bond donors (Lipinski definition) is 3. The summed E-state index contributed by atoms with van der Waals surface area (Å²) in [7, 11) is -9.93. The summed E-state index contributed by atoms with van der Waals surface area (Å²) in [5.41, 5.74) is 0. The highest BCUT2D eigenvalue weighted by molar-refractivity contribution is 7.47. The molecule has 0 saturated heterocycles. The molecule has 7 atom stereocenters. The smallest absolute Gasteiger partial charge is 0.462 e. The van der Waals surface area contributed by atoms with Crippen molar-refractivity contribution < 1.29 is 80.2 Å². The number of phosphoric acid groups is 2. The molecule has 103 heavy (non-hydrogen) atoms. The lowest BCUT2D eigenvalue weighted by molar-refractivity contribution is -0.161. The Morgan fingerprint density at radius 3 is 0.689 bits per heavy atom. The van der Waals surface area contributed by atoms with E-state index in [1.807, 2.05) is 0 Å². The summed E-state index contributed by atoms with van der Waals surface area (Å²) >= 11 is 0. The molecule has 0 fully saturated rings. The van der Waals surface area contributed by atoms with E-state index in [4.69, 9.17) is 37.0 Å². The third kappa shape index (κ3) is 75.3. The molecule has 17 nitrogen and oxygen atoms in total. The monoisotopic (exact) mass is 1510 g/mol. The van der Waals surface area contributed by atoms with Crippen LogP contribution in [0.1, 0.15) is 434 Å². The van der Waals surface area contributed by atoms with Crippen molar-refractivity contribution in [1.29, 1.82) is 0 Å². The molecule has 0 radical (unpaired) electrons. The summed E-state index contributed by atoms with van der Waals surface area (Å²) in [6.45, 7) is 14.4. The van der Waals surface area contributed by atoms with Crippen molar-refractivity contribution in [2.75, 3.05) is 39.6 Å². The number of phosphoric ester groups is 2. The first-order valence-electron chi connectivity index (χ1n) is 43.3. The number of aliphatic hydroxyl groups excluding tert-OH is 1. The number of hydrogen-bond acceptors (Lipinski definition) is 15. The fraction of sp³-hybridized carbons (Fsp3) is 0.952. The minimum Gasteiger partial charge on any atom is -0.462 e. The Labute approximate surface area is 632 Å². The maximum Gasteiger partial charge on any atom is 0.472 e. The SMILES string of the molecule is CCC(C)CCCCCCCCCCCCCCCCC(=O)OC[C@H](COP(=O)(O)OC[C@@H](O)COP(=O)(O)OC[C@@H](COC(=O)CCCCCCCCCCCCC(C)C)OC(=O)CCCCCCCCCCCCC(C)CC)OC(=O)CCCCCCCCCCCCCCCCCC(C)C. The van der Waals surface area contributed by atoms with Gasteiger partial charge in [-0.3, -0.25) is 37.3 Å². The van der Waals surface area contributed by atoms with Crippen molar-refractivity contribution in [2.45, 2.75) is 453 Å². The second-order valence-electron chi connectivity index (χ2n) is 31.7. The van der Waals surface area contributed by atoms with Crippen LogP contribution < -0.4 is 0 Å². The second kappa shape index (κ2) is 72.9. The molecule has 0 aromatic carbocycles. The van der Waals surface area contributed by atoms with E-state index in [0.29, 0.717) is 25.7 Å². The van der Waals surface area contributed by atoms with Crippen LogP contribution in [-0.2, 0) is 65.4 Å². The van der Waals surface area contributed by atoms with Gasteiger partial charge in [0.05, 0.1) is 26.4 Å². The van der Waals surface area contributed by atoms with Crippen molar-refractivity contribution in [3.63, 3.8) is 0 Å². The van der Waals surface area contributed by atoms with Crippen LogP contribution in [0.25, 0.3) is 0 Å². The van der Waals surface area contributed by atoms with Gasteiger partial charge in [-0.1, -0.05) is 383 Å². The van der Waals surface area contributed by atoms with Gasteiger partial charge in [0, 0.05) is 25.7 Å². The van der Waals surface area contributed by atoms with Gasteiger partial charge in [-0.25, -0.2) is 9.13 Å². The minimum atomic E-state index is -4.97. The predicted octanol–water partition coefficient (Wildman–Crippen LogP) is 25.2. The maximum atomic E-state index is 13.1. The lowest BCUT2D eigenvalue weighted by Gasteiger charge is -2.21. The third-order valence-electron chi connectivity index (χ3n) is 20.3. The van der Waals surface area contributed by atoms with Gasteiger partial charge in [-0.15, -0.1) is 0 Å². The highest BCUT2D eigenvalue weighted by Gasteiger charge is 2.30. The molecular formula is C84H164O17P2. The first-order valence-corrected chi connectivity index (χ1v) is 46.3. The average Bonchev–Trinajstić information content (AvgIpc) is 1.06. The standard InChI is InChI=1S/C84H164O17P2/c1-9-76(7)62-54-46-38-30-21-17-14-15-18-22-32-40-48-56-64-81(86)94-70-79(100-83(88)66-58-50-42-34-23-19-13-11-12-16-20-28-36-44-52-60-74(3)4)72-98-102(90,91)96-68-78(85)69-97-103(92,93)99-73-80(71-95-82(87)65-57-49-41-33-26-24-29-37-45-53-61-75(5)6)101-84(89)67-59-51-43-35-27-25-31-39-47-55-63-77(8)10-2/h74-80,85H,9-73H2,1-8H3,(H,90,91)(H,92,93)/t76?,77?,78-,79-,80-/m1/s1. The van der Waals surface area contributed by atoms with Gasteiger partial charge in [0.25, 0.3) is 0 Å². The quantitative estimate of drug-likeness (QED) is 0.0222. The van der Waals surface area contributed by atoms with E-state index in [0.717, 1.165) is 114 Å². The molecule has 0 rings (SSSR count). The number of carbonyl (C=O) groups excluding carboxylic acids is 4. The summed E-state index contributed by atoms with van der Waals surface area (Å²) in [5, 5.41) is 10.7. The zero-order valence-corrected chi connectivity index (χ0v) is 69.7. The first-order chi connectivity index (χ1) is 49.7. The van der Waals surface area contributed by atoms with Gasteiger partial charge >= 0.3 is 39.5 Å². The van der Waals surface area contributed by atoms with Crippen LogP contribution in [0.4, 0.5) is 0 Å². The van der Waals surface area contributed by atoms with Crippen molar-refractivity contribution in [2.24, 2.45) is 23.7 Å². The van der Waals surface area contributed by atoms with Crippen LogP contribution in [-0.4, -0.2) is 96.7 Å². The van der Waals surface area contributed by atoms with E-state index < -0.39 is 97.5 Å². The van der Waals surface area contributed by atoms with Gasteiger partial charge in [-0.05, 0) is 49.4 Å². The maximum absolute atomic E-state index is 13.1. The van der Waals surface area contributed by atoms with Crippen LogP contribution in [0.5, 0.6) is 0 Å². The molecule has 19 heteroatoms. The molecular weight excluding hydrogens is 1340 g/mol. The summed E-state index contributed by atoms with van der Waals surface area (Å²) < 4.78 is 68.9. The van der Waals surface area contributed by atoms with E-state index >= 15 is 0 Å². The summed E-state index contributed by atoms with van der Waals surface area (Å²) in [4.78, 5) is 73.2.